The quantitative estimate of drug-likeness (QED) is 0.854. The third-order valence-electron chi connectivity index (χ3n) is 6.16. The Hall–Kier alpha value is -1.03. The van der Waals surface area contributed by atoms with Crippen molar-refractivity contribution in [1.29, 1.82) is 0 Å². The summed E-state index contributed by atoms with van der Waals surface area (Å²) in [5, 5.41) is 9.36. The minimum Gasteiger partial charge on any atom is -0.489 e. The lowest BCUT2D eigenvalue weighted by atomic mass is 9.70. The third kappa shape index (κ3) is 2.10. The van der Waals surface area contributed by atoms with E-state index in [1.54, 1.807) is 12.1 Å². The highest BCUT2D eigenvalue weighted by Gasteiger charge is 2.62. The lowest BCUT2D eigenvalue weighted by molar-refractivity contribution is 0.0288. The minimum atomic E-state index is -0.945. The van der Waals surface area contributed by atoms with Crippen LogP contribution in [0.15, 0.2) is 22.7 Å². The molecule has 2 fully saturated rings. The highest BCUT2D eigenvalue weighted by atomic mass is 79.9. The first-order chi connectivity index (χ1) is 9.75. The van der Waals surface area contributed by atoms with E-state index in [0.29, 0.717) is 11.7 Å². The van der Waals surface area contributed by atoms with E-state index < -0.39 is 5.97 Å². The fourth-order valence-electron chi connectivity index (χ4n) is 4.23. The van der Waals surface area contributed by atoms with Crippen molar-refractivity contribution in [2.24, 2.45) is 16.7 Å². The Morgan fingerprint density at radius 3 is 2.62 bits per heavy atom. The van der Waals surface area contributed by atoms with Crippen LogP contribution < -0.4 is 4.74 Å². The molecule has 4 heteroatoms. The molecule has 3 nitrogen and oxygen atoms in total. The average molecular weight is 353 g/mol. The third-order valence-corrected chi connectivity index (χ3v) is 6.65. The van der Waals surface area contributed by atoms with Crippen LogP contribution in [0.3, 0.4) is 0 Å². The molecule has 1 N–H and O–H groups in total. The first-order valence-electron chi connectivity index (χ1n) is 7.45. The van der Waals surface area contributed by atoms with Crippen LogP contribution in [0.4, 0.5) is 0 Å². The zero-order valence-electron chi connectivity index (χ0n) is 12.6. The standard InChI is InChI=1S/C17H21BrO3/c1-16(2)10-6-7-17(16,3)14(8-10)21-13-5-4-11(18)9-12(13)15(19)20/h4-5,9-10,14H,6-8H2,1-3H3,(H,19,20). The summed E-state index contributed by atoms with van der Waals surface area (Å²) >= 11 is 3.32. The van der Waals surface area contributed by atoms with Gasteiger partial charge in [0.15, 0.2) is 0 Å². The Balaban J connectivity index is 1.91. The number of fused-ring (bicyclic) bond motifs is 2. The molecule has 0 saturated heterocycles. The summed E-state index contributed by atoms with van der Waals surface area (Å²) < 4.78 is 6.95. The van der Waals surface area contributed by atoms with Crippen LogP contribution in [0.1, 0.15) is 50.4 Å². The van der Waals surface area contributed by atoms with Gasteiger partial charge in [0, 0.05) is 9.89 Å². The first kappa shape index (κ1) is 14.9. The molecule has 3 unspecified atom stereocenters. The Morgan fingerprint density at radius 2 is 2.10 bits per heavy atom. The second kappa shape index (κ2) is 4.73. The van der Waals surface area contributed by atoms with E-state index in [-0.39, 0.29) is 22.5 Å². The Labute approximate surface area is 133 Å². The van der Waals surface area contributed by atoms with E-state index in [4.69, 9.17) is 4.74 Å². The molecule has 1 aromatic rings. The summed E-state index contributed by atoms with van der Waals surface area (Å²) in [6, 6.07) is 5.21. The minimum absolute atomic E-state index is 0.102. The number of benzene rings is 1. The fourth-order valence-corrected chi connectivity index (χ4v) is 4.59. The van der Waals surface area contributed by atoms with Gasteiger partial charge in [-0.25, -0.2) is 4.79 Å². The van der Waals surface area contributed by atoms with Gasteiger partial charge in [-0.2, -0.15) is 0 Å². The van der Waals surface area contributed by atoms with Crippen molar-refractivity contribution < 1.29 is 14.6 Å². The molecular formula is C17H21BrO3. The number of carboxylic acids is 1. The number of hydrogen-bond acceptors (Lipinski definition) is 2. The van der Waals surface area contributed by atoms with Crippen LogP contribution >= 0.6 is 15.9 Å². The molecule has 0 aromatic heterocycles. The highest BCUT2D eigenvalue weighted by Crippen LogP contribution is 2.66. The van der Waals surface area contributed by atoms with Gasteiger partial charge in [0.25, 0.3) is 0 Å². The molecule has 114 valence electrons. The van der Waals surface area contributed by atoms with Gasteiger partial charge in [0.1, 0.15) is 17.4 Å². The van der Waals surface area contributed by atoms with Crippen LogP contribution in [-0.4, -0.2) is 17.2 Å². The monoisotopic (exact) mass is 352 g/mol. The zero-order valence-corrected chi connectivity index (χ0v) is 14.2. The van der Waals surface area contributed by atoms with Crippen molar-refractivity contribution in [3.63, 3.8) is 0 Å². The average Bonchev–Trinajstić information content (AvgIpc) is 2.73. The summed E-state index contributed by atoms with van der Waals surface area (Å²) in [7, 11) is 0. The van der Waals surface area contributed by atoms with Crippen molar-refractivity contribution in [1.82, 2.24) is 0 Å². The van der Waals surface area contributed by atoms with Gasteiger partial charge in [0.05, 0.1) is 0 Å². The topological polar surface area (TPSA) is 46.5 Å². The predicted octanol–water partition coefficient (Wildman–Crippen LogP) is 4.74. The highest BCUT2D eigenvalue weighted by molar-refractivity contribution is 9.10. The second-order valence-corrected chi connectivity index (χ2v) is 8.08. The lowest BCUT2D eigenvalue weighted by Crippen LogP contribution is -2.39. The predicted molar refractivity (Wildman–Crippen MR) is 84.7 cm³/mol. The van der Waals surface area contributed by atoms with Crippen LogP contribution in [0, 0.1) is 16.7 Å². The Morgan fingerprint density at radius 1 is 1.38 bits per heavy atom. The van der Waals surface area contributed by atoms with Gasteiger partial charge in [-0.05, 0) is 48.8 Å². The first-order valence-corrected chi connectivity index (χ1v) is 8.24. The van der Waals surface area contributed by atoms with Crippen LogP contribution in [0.5, 0.6) is 5.75 Å². The Kier molecular flexibility index (Phi) is 3.36. The van der Waals surface area contributed by atoms with Gasteiger partial charge in [-0.3, -0.25) is 0 Å². The number of hydrogen-bond donors (Lipinski definition) is 1. The molecule has 0 radical (unpaired) electrons. The molecule has 2 aliphatic rings. The molecule has 0 heterocycles. The van der Waals surface area contributed by atoms with Gasteiger partial charge in [-0.15, -0.1) is 0 Å². The molecule has 2 saturated carbocycles. The maximum Gasteiger partial charge on any atom is 0.339 e. The smallest absolute Gasteiger partial charge is 0.339 e. The van der Waals surface area contributed by atoms with E-state index in [1.807, 2.05) is 6.07 Å². The van der Waals surface area contributed by atoms with Crippen LogP contribution in [0.2, 0.25) is 0 Å². The molecule has 1 aromatic carbocycles. The molecule has 3 rings (SSSR count). The summed E-state index contributed by atoms with van der Waals surface area (Å²) in [5.74, 6) is 0.218. The van der Waals surface area contributed by atoms with E-state index in [0.717, 1.165) is 17.3 Å². The Bertz CT molecular complexity index is 596. The van der Waals surface area contributed by atoms with Gasteiger partial charge >= 0.3 is 5.97 Å². The van der Waals surface area contributed by atoms with Gasteiger partial charge in [0.2, 0.25) is 0 Å². The summed E-state index contributed by atoms with van der Waals surface area (Å²) in [6.07, 6.45) is 3.55. The van der Waals surface area contributed by atoms with E-state index in [2.05, 4.69) is 36.7 Å². The molecule has 21 heavy (non-hydrogen) atoms. The molecule has 2 aliphatic carbocycles. The van der Waals surface area contributed by atoms with Crippen molar-refractivity contribution in [2.75, 3.05) is 0 Å². The maximum atomic E-state index is 11.4. The van der Waals surface area contributed by atoms with Crippen LogP contribution in [0.25, 0.3) is 0 Å². The molecule has 0 amide bonds. The zero-order chi connectivity index (χ0) is 15.4. The van der Waals surface area contributed by atoms with Crippen molar-refractivity contribution in [3.05, 3.63) is 28.2 Å². The summed E-state index contributed by atoms with van der Waals surface area (Å²) in [6.45, 7) is 6.95. The number of carboxylic acid groups (broad SMARTS) is 1. The number of aromatic carboxylic acids is 1. The normalized spacial score (nSPS) is 33.1. The SMILES string of the molecule is CC1(C)C2CCC1(C)C(Oc1ccc(Br)cc1C(=O)O)C2. The molecular weight excluding hydrogens is 332 g/mol. The van der Waals surface area contributed by atoms with Crippen molar-refractivity contribution in [3.8, 4) is 5.75 Å². The fraction of sp³-hybridized carbons (Fsp3) is 0.588. The lowest BCUT2D eigenvalue weighted by Gasteiger charge is -2.39. The molecule has 0 aliphatic heterocycles. The van der Waals surface area contributed by atoms with Gasteiger partial charge in [-0.1, -0.05) is 36.7 Å². The van der Waals surface area contributed by atoms with Crippen molar-refractivity contribution >= 4 is 21.9 Å². The maximum absolute atomic E-state index is 11.4. The number of carbonyl (C=O) groups is 1. The second-order valence-electron chi connectivity index (χ2n) is 7.16. The van der Waals surface area contributed by atoms with E-state index >= 15 is 0 Å². The van der Waals surface area contributed by atoms with E-state index in [9.17, 15) is 9.90 Å². The number of rotatable bonds is 3. The molecule has 3 atom stereocenters. The summed E-state index contributed by atoms with van der Waals surface area (Å²) in [4.78, 5) is 11.4. The summed E-state index contributed by atoms with van der Waals surface area (Å²) in [5.41, 5.74) is 0.616. The van der Waals surface area contributed by atoms with E-state index in [1.165, 1.54) is 6.42 Å². The number of halogens is 1. The molecule has 2 bridgehead atoms. The molecule has 0 spiro atoms. The van der Waals surface area contributed by atoms with Crippen molar-refractivity contribution in [2.45, 2.75) is 46.1 Å². The number of ether oxygens (including phenoxy) is 1. The van der Waals surface area contributed by atoms with Gasteiger partial charge < -0.3 is 9.84 Å². The van der Waals surface area contributed by atoms with Crippen LogP contribution in [-0.2, 0) is 0 Å². The largest absolute Gasteiger partial charge is 0.489 e.